The molecule has 6 heteroatoms. The summed E-state index contributed by atoms with van der Waals surface area (Å²) in [5.41, 5.74) is 1.39. The van der Waals surface area contributed by atoms with E-state index in [1.807, 2.05) is 42.6 Å². The van der Waals surface area contributed by atoms with Crippen LogP contribution in [0.4, 0.5) is 0 Å². The molecule has 1 aliphatic heterocycles. The zero-order chi connectivity index (χ0) is 17.6. The van der Waals surface area contributed by atoms with Gasteiger partial charge in [-0.2, -0.15) is 0 Å². The maximum Gasteiger partial charge on any atom is 0.313 e. The van der Waals surface area contributed by atoms with Crippen molar-refractivity contribution in [3.63, 3.8) is 0 Å². The van der Waals surface area contributed by atoms with Crippen LogP contribution in [-0.4, -0.2) is 34.8 Å². The van der Waals surface area contributed by atoms with Gasteiger partial charge in [0, 0.05) is 24.0 Å². The van der Waals surface area contributed by atoms with E-state index in [1.165, 1.54) is 11.3 Å². The van der Waals surface area contributed by atoms with Crippen molar-refractivity contribution in [2.24, 2.45) is 0 Å². The minimum Gasteiger partial charge on any atom is -0.447 e. The van der Waals surface area contributed by atoms with Crippen LogP contribution >= 0.6 is 11.3 Å². The van der Waals surface area contributed by atoms with Gasteiger partial charge in [-0.3, -0.25) is 9.59 Å². The molecule has 0 aliphatic carbocycles. The minimum atomic E-state index is -0.883. The van der Waals surface area contributed by atoms with Crippen LogP contribution in [0, 0.1) is 6.92 Å². The highest BCUT2D eigenvalue weighted by Crippen LogP contribution is 2.23. The predicted molar refractivity (Wildman–Crippen MR) is 96.3 cm³/mol. The number of hydrogen-bond acceptors (Lipinski definition) is 5. The largest absolute Gasteiger partial charge is 0.447 e. The Morgan fingerprint density at radius 2 is 1.92 bits per heavy atom. The number of carbonyl (C=O) groups excluding carboxylic acids is 2. The van der Waals surface area contributed by atoms with Gasteiger partial charge in [0.25, 0.3) is 5.91 Å². The number of hydrogen-bond donors (Lipinski definition) is 0. The zero-order valence-electron chi connectivity index (χ0n) is 14.3. The van der Waals surface area contributed by atoms with Crippen molar-refractivity contribution in [2.45, 2.75) is 38.7 Å². The van der Waals surface area contributed by atoms with E-state index in [0.717, 1.165) is 37.4 Å². The van der Waals surface area contributed by atoms with Crippen molar-refractivity contribution in [3.8, 4) is 0 Å². The predicted octanol–water partition coefficient (Wildman–Crippen LogP) is 3.29. The molecule has 0 saturated carbocycles. The van der Waals surface area contributed by atoms with Crippen molar-refractivity contribution in [2.75, 3.05) is 13.1 Å². The van der Waals surface area contributed by atoms with Crippen molar-refractivity contribution >= 4 is 23.2 Å². The number of esters is 1. The zero-order valence-corrected chi connectivity index (χ0v) is 15.1. The maximum atomic E-state index is 12.9. The molecule has 0 radical (unpaired) electrons. The summed E-state index contributed by atoms with van der Waals surface area (Å²) < 4.78 is 5.60. The topological polar surface area (TPSA) is 59.5 Å². The standard InChI is InChI=1S/C19H22N2O3S/c1-14-20-16(13-25-14)12-17(22)24-18(15-8-4-2-5-9-15)19(23)21-10-6-3-7-11-21/h2,4-5,8-9,13,18H,3,6-7,10-12H2,1H3. The number of thiazole rings is 1. The molecule has 2 aromatic rings. The second-order valence-corrected chi connectivity index (χ2v) is 7.26. The molecule has 1 aromatic carbocycles. The molecule has 0 N–H and O–H groups in total. The molecule has 2 heterocycles. The third kappa shape index (κ3) is 4.66. The fourth-order valence-electron chi connectivity index (χ4n) is 2.98. The van der Waals surface area contributed by atoms with Crippen LogP contribution in [0.25, 0.3) is 0 Å². The Bertz CT molecular complexity index is 723. The van der Waals surface area contributed by atoms with Crippen LogP contribution in [0.2, 0.25) is 0 Å². The average molecular weight is 358 g/mol. The quantitative estimate of drug-likeness (QED) is 0.770. The first-order chi connectivity index (χ1) is 12.1. The third-order valence-corrected chi connectivity index (χ3v) is 5.06. The number of nitrogens with zero attached hydrogens (tertiary/aromatic N) is 2. The molecule has 25 heavy (non-hydrogen) atoms. The third-order valence-electron chi connectivity index (χ3n) is 4.24. The summed E-state index contributed by atoms with van der Waals surface area (Å²) in [6.45, 7) is 3.35. The van der Waals surface area contributed by atoms with Gasteiger partial charge >= 0.3 is 5.97 Å². The molecule has 132 valence electrons. The summed E-state index contributed by atoms with van der Waals surface area (Å²) in [7, 11) is 0. The van der Waals surface area contributed by atoms with Gasteiger partial charge in [-0.1, -0.05) is 30.3 Å². The highest BCUT2D eigenvalue weighted by atomic mass is 32.1. The fourth-order valence-corrected chi connectivity index (χ4v) is 3.59. The van der Waals surface area contributed by atoms with Gasteiger partial charge in [-0.05, 0) is 26.2 Å². The lowest BCUT2D eigenvalue weighted by Gasteiger charge is -2.30. The van der Waals surface area contributed by atoms with E-state index in [4.69, 9.17) is 4.74 Å². The van der Waals surface area contributed by atoms with Crippen LogP contribution in [0.3, 0.4) is 0 Å². The van der Waals surface area contributed by atoms with Crippen LogP contribution in [0.5, 0.6) is 0 Å². The summed E-state index contributed by atoms with van der Waals surface area (Å²) >= 11 is 1.50. The molecule has 0 bridgehead atoms. The molecule has 0 spiro atoms. The van der Waals surface area contributed by atoms with Gasteiger partial charge in [0.15, 0.2) is 0 Å². The average Bonchev–Trinajstić information content (AvgIpc) is 3.05. The van der Waals surface area contributed by atoms with E-state index in [9.17, 15) is 9.59 Å². The second-order valence-electron chi connectivity index (χ2n) is 6.20. The maximum absolute atomic E-state index is 12.9. The van der Waals surface area contributed by atoms with Gasteiger partial charge in [0.2, 0.25) is 6.10 Å². The number of carbonyl (C=O) groups is 2. The summed E-state index contributed by atoms with van der Waals surface area (Å²) in [6, 6.07) is 9.23. The molecule has 1 unspecified atom stereocenters. The van der Waals surface area contributed by atoms with Crippen LogP contribution < -0.4 is 0 Å². The molecular formula is C19H22N2O3S. The molecule has 1 amide bonds. The first kappa shape index (κ1) is 17.6. The second kappa shape index (κ2) is 8.25. The van der Waals surface area contributed by atoms with Crippen LogP contribution in [0.15, 0.2) is 35.7 Å². The molecule has 1 aromatic heterocycles. The number of amides is 1. The van der Waals surface area contributed by atoms with Crippen molar-refractivity contribution in [3.05, 3.63) is 52.0 Å². The monoisotopic (exact) mass is 358 g/mol. The Hall–Kier alpha value is -2.21. The van der Waals surface area contributed by atoms with Crippen molar-refractivity contribution in [1.82, 2.24) is 9.88 Å². The Morgan fingerprint density at radius 3 is 2.56 bits per heavy atom. The van der Waals surface area contributed by atoms with E-state index in [2.05, 4.69) is 4.98 Å². The lowest BCUT2D eigenvalue weighted by atomic mass is 10.1. The van der Waals surface area contributed by atoms with Crippen molar-refractivity contribution in [1.29, 1.82) is 0 Å². The van der Waals surface area contributed by atoms with E-state index >= 15 is 0 Å². The van der Waals surface area contributed by atoms with Gasteiger partial charge in [0.05, 0.1) is 17.1 Å². The SMILES string of the molecule is Cc1nc(CC(=O)OC(C(=O)N2CCCCC2)c2ccccc2)cs1. The van der Waals surface area contributed by atoms with Crippen molar-refractivity contribution < 1.29 is 14.3 Å². The first-order valence-electron chi connectivity index (χ1n) is 8.57. The van der Waals surface area contributed by atoms with E-state index in [-0.39, 0.29) is 12.3 Å². The Balaban J connectivity index is 1.74. The molecule has 5 nitrogen and oxygen atoms in total. The summed E-state index contributed by atoms with van der Waals surface area (Å²) in [5, 5.41) is 2.76. The number of piperidine rings is 1. The smallest absolute Gasteiger partial charge is 0.313 e. The molecular weight excluding hydrogens is 336 g/mol. The summed E-state index contributed by atoms with van der Waals surface area (Å²) in [6.07, 6.45) is 2.34. The Kier molecular flexibility index (Phi) is 5.81. The van der Waals surface area contributed by atoms with Gasteiger partial charge in [0.1, 0.15) is 0 Å². The van der Waals surface area contributed by atoms with Crippen LogP contribution in [-0.2, 0) is 20.7 Å². The molecule has 3 rings (SSSR count). The highest BCUT2D eigenvalue weighted by Gasteiger charge is 2.30. The summed E-state index contributed by atoms with van der Waals surface area (Å²) in [4.78, 5) is 31.4. The molecule has 1 fully saturated rings. The Labute approximate surface area is 151 Å². The van der Waals surface area contributed by atoms with Crippen LogP contribution in [0.1, 0.15) is 41.6 Å². The minimum absolute atomic E-state index is 0.0843. The number of aromatic nitrogens is 1. The fraction of sp³-hybridized carbons (Fsp3) is 0.421. The lowest BCUT2D eigenvalue weighted by Crippen LogP contribution is -2.40. The van der Waals surface area contributed by atoms with E-state index in [0.29, 0.717) is 11.3 Å². The molecule has 1 atom stereocenters. The lowest BCUT2D eigenvalue weighted by molar-refractivity contribution is -0.161. The van der Waals surface area contributed by atoms with Gasteiger partial charge < -0.3 is 9.64 Å². The summed E-state index contributed by atoms with van der Waals surface area (Å²) in [5.74, 6) is -0.557. The first-order valence-corrected chi connectivity index (χ1v) is 9.45. The number of likely N-dealkylation sites (tertiary alicyclic amines) is 1. The normalized spacial score (nSPS) is 15.6. The molecule has 1 saturated heterocycles. The van der Waals surface area contributed by atoms with E-state index in [1.54, 1.807) is 4.90 Å². The van der Waals surface area contributed by atoms with Gasteiger partial charge in [-0.25, -0.2) is 4.98 Å². The van der Waals surface area contributed by atoms with E-state index < -0.39 is 12.1 Å². The molecule has 1 aliphatic rings. The Morgan fingerprint density at radius 1 is 1.20 bits per heavy atom. The van der Waals surface area contributed by atoms with Gasteiger partial charge in [-0.15, -0.1) is 11.3 Å². The number of aryl methyl sites for hydroxylation is 1. The highest BCUT2D eigenvalue weighted by molar-refractivity contribution is 7.09. The number of ether oxygens (including phenoxy) is 1. The number of rotatable bonds is 5. The number of benzene rings is 1.